The minimum atomic E-state index is -1.04. The lowest BCUT2D eigenvalue weighted by atomic mass is 10.1. The molecule has 1 atom stereocenters. The van der Waals surface area contributed by atoms with Gasteiger partial charge in [0, 0.05) is 4.88 Å². The van der Waals surface area contributed by atoms with E-state index in [0.29, 0.717) is 22.5 Å². The van der Waals surface area contributed by atoms with Crippen molar-refractivity contribution < 1.29 is 23.9 Å². The fraction of sp³-hybridized carbons (Fsp3) is 0.278. The zero-order valence-electron chi connectivity index (χ0n) is 15.2. The number of para-hydroxylation sites is 1. The number of nitrogens with zero attached hydrogens (tertiary/aromatic N) is 1. The fourth-order valence-corrected chi connectivity index (χ4v) is 3.62. The zero-order chi connectivity index (χ0) is 20.3. The maximum atomic E-state index is 12.4. The number of anilines is 2. The Kier molecular flexibility index (Phi) is 5.69. The van der Waals surface area contributed by atoms with E-state index >= 15 is 0 Å². The van der Waals surface area contributed by atoms with Gasteiger partial charge in [-0.05, 0) is 18.6 Å². The van der Waals surface area contributed by atoms with Gasteiger partial charge >= 0.3 is 5.97 Å². The highest BCUT2D eigenvalue weighted by atomic mass is 32.1. The Hall–Kier alpha value is -3.27. The summed E-state index contributed by atoms with van der Waals surface area (Å²) >= 11 is 1.16. The number of fused-ring (bicyclic) bond motifs is 1. The fourth-order valence-electron chi connectivity index (χ4n) is 2.71. The molecule has 0 saturated heterocycles. The molecule has 0 spiro atoms. The van der Waals surface area contributed by atoms with Gasteiger partial charge in [-0.1, -0.05) is 19.1 Å². The summed E-state index contributed by atoms with van der Waals surface area (Å²) in [6, 6.07) is 5.55. The predicted molar refractivity (Wildman–Crippen MR) is 102 cm³/mol. The van der Waals surface area contributed by atoms with Crippen molar-refractivity contribution in [2.75, 3.05) is 17.7 Å². The number of amides is 3. The van der Waals surface area contributed by atoms with Gasteiger partial charge in [0.2, 0.25) is 11.8 Å². The molecule has 0 radical (unpaired) electrons. The Morgan fingerprint density at radius 3 is 2.75 bits per heavy atom. The highest BCUT2D eigenvalue weighted by Gasteiger charge is 2.30. The number of thiazole rings is 1. The number of esters is 1. The third kappa shape index (κ3) is 4.01. The number of benzene rings is 1. The number of aryl methyl sites for hydroxylation is 1. The van der Waals surface area contributed by atoms with E-state index in [1.165, 1.54) is 7.11 Å². The molecule has 3 rings (SSSR count). The van der Waals surface area contributed by atoms with Gasteiger partial charge in [-0.25, -0.2) is 9.78 Å². The van der Waals surface area contributed by atoms with Crippen molar-refractivity contribution in [1.82, 2.24) is 10.3 Å². The summed E-state index contributed by atoms with van der Waals surface area (Å²) < 4.78 is 4.68. The van der Waals surface area contributed by atoms with Crippen molar-refractivity contribution in [2.45, 2.75) is 25.8 Å². The maximum Gasteiger partial charge on any atom is 0.357 e. The molecule has 0 aliphatic carbocycles. The molecule has 1 aromatic carbocycles. The van der Waals surface area contributed by atoms with Crippen LogP contribution in [0.5, 0.6) is 0 Å². The van der Waals surface area contributed by atoms with Crippen LogP contribution in [0.2, 0.25) is 0 Å². The molecule has 0 bridgehead atoms. The van der Waals surface area contributed by atoms with Gasteiger partial charge in [0.25, 0.3) is 5.91 Å². The Morgan fingerprint density at radius 2 is 2.04 bits per heavy atom. The van der Waals surface area contributed by atoms with Gasteiger partial charge in [0.05, 0.1) is 24.8 Å². The smallest absolute Gasteiger partial charge is 0.357 e. The number of hydrogen-bond acceptors (Lipinski definition) is 7. The number of ether oxygens (including phenoxy) is 1. The third-order valence-electron chi connectivity index (χ3n) is 4.08. The topological polar surface area (TPSA) is 126 Å². The first kappa shape index (κ1) is 19.5. The van der Waals surface area contributed by atoms with Crippen molar-refractivity contribution in [2.24, 2.45) is 0 Å². The minimum absolute atomic E-state index is 0.154. The highest BCUT2D eigenvalue weighted by Crippen LogP contribution is 2.25. The highest BCUT2D eigenvalue weighted by molar-refractivity contribution is 7.16. The quantitative estimate of drug-likeness (QED) is 0.652. The van der Waals surface area contributed by atoms with E-state index in [0.717, 1.165) is 11.3 Å². The standard InChI is InChI=1S/C18H18N4O5S/c1-3-12-14(17(26)27-2)22-18(28-12)21-13(23)8-11-16(25)19-10-7-5-4-6-9(10)15(24)20-11/h4-7,11H,3,8H2,1-2H3,(H,19,25)(H,20,24)(H,21,22,23). The van der Waals surface area contributed by atoms with Gasteiger partial charge in [-0.15, -0.1) is 11.3 Å². The van der Waals surface area contributed by atoms with Crippen LogP contribution in [0.15, 0.2) is 24.3 Å². The van der Waals surface area contributed by atoms with E-state index in [1.54, 1.807) is 24.3 Å². The number of nitrogens with one attached hydrogen (secondary N) is 3. The third-order valence-corrected chi connectivity index (χ3v) is 5.20. The lowest BCUT2D eigenvalue weighted by Crippen LogP contribution is -2.43. The average Bonchev–Trinajstić information content (AvgIpc) is 3.04. The summed E-state index contributed by atoms with van der Waals surface area (Å²) in [5, 5.41) is 7.99. The van der Waals surface area contributed by atoms with Gasteiger partial charge in [-0.3, -0.25) is 14.4 Å². The van der Waals surface area contributed by atoms with Gasteiger partial charge in [0.15, 0.2) is 10.8 Å². The van der Waals surface area contributed by atoms with Crippen molar-refractivity contribution in [3.05, 3.63) is 40.4 Å². The molecule has 28 heavy (non-hydrogen) atoms. The zero-order valence-corrected chi connectivity index (χ0v) is 16.0. The molecule has 1 aromatic heterocycles. The predicted octanol–water partition coefficient (Wildman–Crippen LogP) is 1.57. The molecule has 3 N–H and O–H groups in total. The number of aromatic nitrogens is 1. The summed E-state index contributed by atoms with van der Waals surface area (Å²) in [6.07, 6.45) is 0.275. The summed E-state index contributed by atoms with van der Waals surface area (Å²) in [4.78, 5) is 53.6. The van der Waals surface area contributed by atoms with Crippen LogP contribution >= 0.6 is 11.3 Å². The first-order valence-electron chi connectivity index (χ1n) is 8.51. The number of hydrogen-bond donors (Lipinski definition) is 3. The number of rotatable bonds is 5. The van der Waals surface area contributed by atoms with Crippen LogP contribution in [0, 0.1) is 0 Å². The van der Waals surface area contributed by atoms with E-state index in [9.17, 15) is 19.2 Å². The number of carbonyl (C=O) groups excluding carboxylic acids is 4. The second kappa shape index (κ2) is 8.17. The Bertz CT molecular complexity index is 955. The minimum Gasteiger partial charge on any atom is -0.464 e. The second-order valence-corrected chi connectivity index (χ2v) is 7.03. The molecule has 10 heteroatoms. The van der Waals surface area contributed by atoms with E-state index in [-0.39, 0.29) is 17.2 Å². The van der Waals surface area contributed by atoms with Crippen LogP contribution in [0.1, 0.15) is 39.1 Å². The molecule has 146 valence electrons. The summed E-state index contributed by atoms with van der Waals surface area (Å²) in [7, 11) is 1.25. The van der Waals surface area contributed by atoms with Crippen LogP contribution in [0.25, 0.3) is 0 Å². The van der Waals surface area contributed by atoms with Crippen molar-refractivity contribution in [3.8, 4) is 0 Å². The summed E-state index contributed by atoms with van der Waals surface area (Å²) in [5.74, 6) is -2.03. The van der Waals surface area contributed by atoms with Crippen LogP contribution in [0.4, 0.5) is 10.8 Å². The summed E-state index contributed by atoms with van der Waals surface area (Å²) in [6.45, 7) is 1.86. The van der Waals surface area contributed by atoms with Crippen LogP contribution in [0.3, 0.4) is 0 Å². The van der Waals surface area contributed by atoms with Crippen LogP contribution < -0.4 is 16.0 Å². The lowest BCUT2D eigenvalue weighted by molar-refractivity contribution is -0.122. The van der Waals surface area contributed by atoms with E-state index in [1.807, 2.05) is 6.92 Å². The van der Waals surface area contributed by atoms with Crippen molar-refractivity contribution >= 4 is 45.8 Å². The monoisotopic (exact) mass is 402 g/mol. The molecule has 0 saturated carbocycles. The molecular formula is C18H18N4O5S. The van der Waals surface area contributed by atoms with E-state index in [4.69, 9.17) is 0 Å². The van der Waals surface area contributed by atoms with Crippen LogP contribution in [-0.4, -0.2) is 41.8 Å². The molecule has 2 aromatic rings. The molecule has 1 aliphatic heterocycles. The second-order valence-electron chi connectivity index (χ2n) is 5.95. The molecular weight excluding hydrogens is 384 g/mol. The molecule has 0 fully saturated rings. The Labute approximate surface area is 164 Å². The summed E-state index contributed by atoms with van der Waals surface area (Å²) in [5.41, 5.74) is 0.874. The van der Waals surface area contributed by atoms with Crippen molar-refractivity contribution in [3.63, 3.8) is 0 Å². The molecule has 1 unspecified atom stereocenters. The SMILES string of the molecule is CCc1sc(NC(=O)CC2NC(=O)c3ccccc3NC2=O)nc1C(=O)OC. The normalized spacial score (nSPS) is 15.7. The van der Waals surface area contributed by atoms with Gasteiger partial charge in [-0.2, -0.15) is 0 Å². The number of carbonyl (C=O) groups is 4. The Balaban J connectivity index is 1.70. The van der Waals surface area contributed by atoms with E-state index < -0.39 is 29.7 Å². The van der Waals surface area contributed by atoms with Crippen molar-refractivity contribution in [1.29, 1.82) is 0 Å². The van der Waals surface area contributed by atoms with Gasteiger partial charge in [0.1, 0.15) is 6.04 Å². The molecule has 9 nitrogen and oxygen atoms in total. The molecule has 2 heterocycles. The lowest BCUT2D eigenvalue weighted by Gasteiger charge is -2.13. The van der Waals surface area contributed by atoms with Crippen LogP contribution in [-0.2, 0) is 20.7 Å². The van der Waals surface area contributed by atoms with E-state index in [2.05, 4.69) is 25.7 Å². The number of methoxy groups -OCH3 is 1. The average molecular weight is 402 g/mol. The first-order chi connectivity index (χ1) is 13.4. The van der Waals surface area contributed by atoms with Gasteiger partial charge < -0.3 is 20.7 Å². The Morgan fingerprint density at radius 1 is 1.29 bits per heavy atom. The first-order valence-corrected chi connectivity index (χ1v) is 9.33. The molecule has 1 aliphatic rings. The largest absolute Gasteiger partial charge is 0.464 e. The molecule has 3 amide bonds. The maximum absolute atomic E-state index is 12.4.